The van der Waals surface area contributed by atoms with Gasteiger partial charge < -0.3 is 11.1 Å². The maximum atomic E-state index is 12.5. The fraction of sp³-hybridized carbons (Fsp3) is 0.471. The lowest BCUT2D eigenvalue weighted by atomic mass is 10.1. The van der Waals surface area contributed by atoms with E-state index in [4.69, 9.17) is 5.73 Å². The Kier molecular flexibility index (Phi) is 4.73. The molecule has 6 nitrogen and oxygen atoms in total. The Labute approximate surface area is 137 Å². The second kappa shape index (κ2) is 6.40. The Morgan fingerprint density at radius 2 is 2.04 bits per heavy atom. The third-order valence-electron chi connectivity index (χ3n) is 3.54. The molecule has 6 heteroatoms. The minimum absolute atomic E-state index is 0.168. The van der Waals surface area contributed by atoms with E-state index in [1.807, 2.05) is 17.7 Å². The molecule has 0 unspecified atom stereocenters. The maximum absolute atomic E-state index is 12.5. The zero-order valence-corrected chi connectivity index (χ0v) is 14.5. The van der Waals surface area contributed by atoms with Crippen molar-refractivity contribution in [2.75, 3.05) is 11.1 Å². The van der Waals surface area contributed by atoms with Gasteiger partial charge in [0, 0.05) is 5.69 Å². The van der Waals surface area contributed by atoms with E-state index >= 15 is 0 Å². The summed E-state index contributed by atoms with van der Waals surface area (Å²) in [5.41, 5.74) is 8.99. The van der Waals surface area contributed by atoms with Crippen molar-refractivity contribution in [3.8, 4) is 0 Å². The lowest BCUT2D eigenvalue weighted by Crippen LogP contribution is -2.26. The van der Waals surface area contributed by atoms with E-state index in [0.717, 1.165) is 24.2 Å². The molecule has 124 valence electrons. The molecule has 23 heavy (non-hydrogen) atoms. The van der Waals surface area contributed by atoms with Gasteiger partial charge in [-0.05, 0) is 46.2 Å². The Hall–Kier alpha value is -2.37. The van der Waals surface area contributed by atoms with E-state index < -0.39 is 0 Å². The second-order valence-corrected chi connectivity index (χ2v) is 6.71. The van der Waals surface area contributed by atoms with Crippen LogP contribution in [0.2, 0.25) is 0 Å². The van der Waals surface area contributed by atoms with Crippen molar-refractivity contribution in [1.82, 2.24) is 14.8 Å². The van der Waals surface area contributed by atoms with Gasteiger partial charge in [0.05, 0.1) is 28.8 Å². The summed E-state index contributed by atoms with van der Waals surface area (Å²) in [7, 11) is 0. The average molecular weight is 315 g/mol. The molecule has 0 saturated heterocycles. The van der Waals surface area contributed by atoms with E-state index in [-0.39, 0.29) is 11.4 Å². The van der Waals surface area contributed by atoms with Crippen LogP contribution in [0.25, 0.3) is 0 Å². The quantitative estimate of drug-likeness (QED) is 0.907. The Bertz CT molecular complexity index is 712. The molecule has 0 spiro atoms. The zero-order valence-electron chi connectivity index (χ0n) is 14.5. The van der Waals surface area contributed by atoms with Crippen molar-refractivity contribution < 1.29 is 4.79 Å². The summed E-state index contributed by atoms with van der Waals surface area (Å²) in [6.07, 6.45) is 3.48. The molecule has 2 aromatic heterocycles. The average Bonchev–Trinajstić information content (AvgIpc) is 2.87. The fourth-order valence-electron chi connectivity index (χ4n) is 2.36. The van der Waals surface area contributed by atoms with E-state index in [2.05, 4.69) is 43.1 Å². The van der Waals surface area contributed by atoms with Crippen LogP contribution in [-0.2, 0) is 12.0 Å². The number of carbonyl (C=O) groups is 1. The molecule has 0 fully saturated rings. The smallest absolute Gasteiger partial charge is 0.276 e. The predicted molar refractivity (Wildman–Crippen MR) is 92.6 cm³/mol. The number of nitrogen functional groups attached to an aromatic ring is 1. The van der Waals surface area contributed by atoms with E-state index in [0.29, 0.717) is 17.1 Å². The molecule has 2 aromatic rings. The van der Waals surface area contributed by atoms with E-state index in [9.17, 15) is 4.79 Å². The van der Waals surface area contributed by atoms with Crippen LogP contribution in [0.5, 0.6) is 0 Å². The highest BCUT2D eigenvalue weighted by molar-refractivity contribution is 6.03. The van der Waals surface area contributed by atoms with Gasteiger partial charge in [0.15, 0.2) is 5.69 Å². The molecule has 0 radical (unpaired) electrons. The molecule has 0 saturated carbocycles. The third-order valence-corrected chi connectivity index (χ3v) is 3.54. The maximum Gasteiger partial charge on any atom is 0.276 e. The summed E-state index contributed by atoms with van der Waals surface area (Å²) >= 11 is 0. The van der Waals surface area contributed by atoms with Gasteiger partial charge in [-0.25, -0.2) is 0 Å². The number of aryl methyl sites for hydroxylation is 2. The largest absolute Gasteiger partial charge is 0.397 e. The summed E-state index contributed by atoms with van der Waals surface area (Å²) < 4.78 is 1.92. The highest BCUT2D eigenvalue weighted by atomic mass is 16.2. The fourth-order valence-corrected chi connectivity index (χ4v) is 2.36. The van der Waals surface area contributed by atoms with Crippen LogP contribution in [0, 0.1) is 6.92 Å². The van der Waals surface area contributed by atoms with Gasteiger partial charge >= 0.3 is 0 Å². The predicted octanol–water partition coefficient (Wildman–Crippen LogP) is 3.13. The molecule has 0 bridgehead atoms. The number of nitrogens with one attached hydrogen (secondary N) is 1. The van der Waals surface area contributed by atoms with Gasteiger partial charge in [-0.3, -0.25) is 14.5 Å². The van der Waals surface area contributed by atoms with Crippen LogP contribution in [0.15, 0.2) is 18.3 Å². The lowest BCUT2D eigenvalue weighted by molar-refractivity contribution is 0.102. The normalized spacial score (nSPS) is 11.5. The highest BCUT2D eigenvalue weighted by Crippen LogP contribution is 2.20. The van der Waals surface area contributed by atoms with Crippen molar-refractivity contribution in [2.24, 2.45) is 0 Å². The number of anilines is 2. The number of carbonyl (C=O) groups excluding carboxylic acids is 1. The van der Waals surface area contributed by atoms with Crippen molar-refractivity contribution in [1.29, 1.82) is 0 Å². The van der Waals surface area contributed by atoms with E-state index in [1.165, 1.54) is 0 Å². The van der Waals surface area contributed by atoms with Gasteiger partial charge in [-0.2, -0.15) is 5.10 Å². The molecule has 2 heterocycles. The molecule has 3 N–H and O–H groups in total. The van der Waals surface area contributed by atoms with Gasteiger partial charge in [-0.15, -0.1) is 0 Å². The van der Waals surface area contributed by atoms with Gasteiger partial charge in [-0.1, -0.05) is 13.3 Å². The summed E-state index contributed by atoms with van der Waals surface area (Å²) in [4.78, 5) is 16.6. The first-order valence-corrected chi connectivity index (χ1v) is 7.85. The Morgan fingerprint density at radius 3 is 2.61 bits per heavy atom. The number of amides is 1. The summed E-state index contributed by atoms with van der Waals surface area (Å²) in [5, 5.41) is 7.29. The molecule has 0 aliphatic carbocycles. The molecular formula is C17H25N5O. The molecule has 2 rings (SSSR count). The van der Waals surface area contributed by atoms with Crippen molar-refractivity contribution in [3.05, 3.63) is 35.4 Å². The SMILES string of the molecule is CCCc1cc(C(=O)Nc2cnc(C)c(N)c2)nn1C(C)(C)C. The molecule has 0 atom stereocenters. The molecule has 0 aliphatic heterocycles. The number of hydrogen-bond acceptors (Lipinski definition) is 4. The van der Waals surface area contributed by atoms with Gasteiger partial charge in [0.2, 0.25) is 0 Å². The number of hydrogen-bond donors (Lipinski definition) is 2. The first-order valence-electron chi connectivity index (χ1n) is 7.85. The summed E-state index contributed by atoms with van der Waals surface area (Å²) in [6, 6.07) is 3.56. The summed E-state index contributed by atoms with van der Waals surface area (Å²) in [6.45, 7) is 10.2. The van der Waals surface area contributed by atoms with Crippen LogP contribution in [0.1, 0.15) is 56.0 Å². The monoisotopic (exact) mass is 315 g/mol. The lowest BCUT2D eigenvalue weighted by Gasteiger charge is -2.22. The van der Waals surface area contributed by atoms with Crippen LogP contribution in [-0.4, -0.2) is 20.7 Å². The number of pyridine rings is 1. The standard InChI is InChI=1S/C17H25N5O/c1-6-7-13-9-15(21-22(13)17(3,4)5)16(23)20-12-8-14(18)11(2)19-10-12/h8-10H,6-7,18H2,1-5H3,(H,20,23). The zero-order chi connectivity index (χ0) is 17.2. The number of nitrogens with zero attached hydrogens (tertiary/aromatic N) is 3. The number of aromatic nitrogens is 3. The molecular weight excluding hydrogens is 290 g/mol. The highest BCUT2D eigenvalue weighted by Gasteiger charge is 2.21. The third kappa shape index (κ3) is 3.88. The first-order chi connectivity index (χ1) is 10.7. The number of rotatable bonds is 4. The van der Waals surface area contributed by atoms with E-state index in [1.54, 1.807) is 12.3 Å². The van der Waals surface area contributed by atoms with Gasteiger partial charge in [0.25, 0.3) is 5.91 Å². The first kappa shape index (κ1) is 17.0. The molecule has 0 aliphatic rings. The Morgan fingerprint density at radius 1 is 1.35 bits per heavy atom. The van der Waals surface area contributed by atoms with Crippen LogP contribution < -0.4 is 11.1 Å². The van der Waals surface area contributed by atoms with Crippen LogP contribution >= 0.6 is 0 Å². The van der Waals surface area contributed by atoms with Crippen molar-refractivity contribution >= 4 is 17.3 Å². The van der Waals surface area contributed by atoms with Crippen LogP contribution in [0.3, 0.4) is 0 Å². The Balaban J connectivity index is 2.27. The number of nitrogens with two attached hydrogens (primary N) is 1. The van der Waals surface area contributed by atoms with Crippen molar-refractivity contribution in [2.45, 2.75) is 53.0 Å². The molecule has 1 amide bonds. The second-order valence-electron chi connectivity index (χ2n) is 6.71. The van der Waals surface area contributed by atoms with Crippen molar-refractivity contribution in [3.63, 3.8) is 0 Å². The molecule has 0 aromatic carbocycles. The van der Waals surface area contributed by atoms with Gasteiger partial charge in [0.1, 0.15) is 0 Å². The topological polar surface area (TPSA) is 85.8 Å². The van der Waals surface area contributed by atoms with Crippen LogP contribution in [0.4, 0.5) is 11.4 Å². The minimum Gasteiger partial charge on any atom is -0.397 e. The summed E-state index contributed by atoms with van der Waals surface area (Å²) in [5.74, 6) is -0.254. The minimum atomic E-state index is -0.254.